The first-order chi connectivity index (χ1) is 8.41. The SMILES string of the molecule is O=S(=O)(c1ccc(F)cc1)c1ccc(F)cc1F. The molecule has 0 aliphatic carbocycles. The molecule has 18 heavy (non-hydrogen) atoms. The summed E-state index contributed by atoms with van der Waals surface area (Å²) in [6.45, 7) is 0. The van der Waals surface area contributed by atoms with Crippen LogP contribution in [-0.2, 0) is 9.84 Å². The van der Waals surface area contributed by atoms with Crippen molar-refractivity contribution in [3.05, 3.63) is 59.9 Å². The van der Waals surface area contributed by atoms with Crippen molar-refractivity contribution < 1.29 is 21.6 Å². The predicted molar refractivity (Wildman–Crippen MR) is 58.2 cm³/mol. The fourth-order valence-electron chi connectivity index (χ4n) is 1.43. The van der Waals surface area contributed by atoms with Crippen molar-refractivity contribution in [3.63, 3.8) is 0 Å². The Morgan fingerprint density at radius 1 is 0.778 bits per heavy atom. The van der Waals surface area contributed by atoms with Gasteiger partial charge in [-0.2, -0.15) is 0 Å². The molecule has 2 aromatic rings. The summed E-state index contributed by atoms with van der Waals surface area (Å²) in [6, 6.07) is 6.11. The minimum Gasteiger partial charge on any atom is -0.218 e. The predicted octanol–water partition coefficient (Wildman–Crippen LogP) is 2.94. The van der Waals surface area contributed by atoms with Crippen LogP contribution >= 0.6 is 0 Å². The van der Waals surface area contributed by atoms with E-state index in [0.29, 0.717) is 6.07 Å². The van der Waals surface area contributed by atoms with Crippen LogP contribution in [0, 0.1) is 17.5 Å². The van der Waals surface area contributed by atoms with Crippen LogP contribution in [0.25, 0.3) is 0 Å². The summed E-state index contributed by atoms with van der Waals surface area (Å²) in [5.74, 6) is -2.65. The highest BCUT2D eigenvalue weighted by Gasteiger charge is 2.22. The lowest BCUT2D eigenvalue weighted by Gasteiger charge is -2.05. The smallest absolute Gasteiger partial charge is 0.209 e. The molecule has 0 heterocycles. The molecule has 0 atom stereocenters. The molecule has 0 radical (unpaired) electrons. The number of hydrogen-bond acceptors (Lipinski definition) is 2. The van der Waals surface area contributed by atoms with Gasteiger partial charge in [0, 0.05) is 6.07 Å². The Morgan fingerprint density at radius 3 is 1.89 bits per heavy atom. The fourth-order valence-corrected chi connectivity index (χ4v) is 2.75. The number of rotatable bonds is 2. The highest BCUT2D eigenvalue weighted by Crippen LogP contribution is 2.23. The van der Waals surface area contributed by atoms with Crippen LogP contribution in [-0.4, -0.2) is 8.42 Å². The third-order valence-electron chi connectivity index (χ3n) is 2.31. The molecule has 0 unspecified atom stereocenters. The van der Waals surface area contributed by atoms with E-state index in [1.54, 1.807) is 0 Å². The van der Waals surface area contributed by atoms with Crippen LogP contribution in [0.3, 0.4) is 0 Å². The quantitative estimate of drug-likeness (QED) is 0.788. The molecule has 94 valence electrons. The van der Waals surface area contributed by atoms with Gasteiger partial charge < -0.3 is 0 Å². The fraction of sp³-hybridized carbons (Fsp3) is 0. The molecular weight excluding hydrogens is 265 g/mol. The van der Waals surface area contributed by atoms with Gasteiger partial charge in [-0.1, -0.05) is 0 Å². The highest BCUT2D eigenvalue weighted by atomic mass is 32.2. The average Bonchev–Trinajstić information content (AvgIpc) is 2.29. The Kier molecular flexibility index (Phi) is 3.13. The number of hydrogen-bond donors (Lipinski definition) is 0. The normalized spacial score (nSPS) is 11.5. The number of benzene rings is 2. The highest BCUT2D eigenvalue weighted by molar-refractivity contribution is 7.91. The molecule has 0 aliphatic rings. The zero-order chi connectivity index (χ0) is 13.3. The van der Waals surface area contributed by atoms with Crippen LogP contribution < -0.4 is 0 Å². The molecular formula is C12H7F3O2S. The Bertz CT molecular complexity index is 679. The second-order valence-corrected chi connectivity index (χ2v) is 5.45. The van der Waals surface area contributed by atoms with Gasteiger partial charge in [0.1, 0.15) is 22.3 Å². The number of sulfone groups is 1. The Balaban J connectivity index is 2.58. The lowest BCUT2D eigenvalue weighted by molar-refractivity contribution is 0.549. The molecule has 0 aromatic heterocycles. The summed E-state index contributed by atoms with van der Waals surface area (Å²) in [5, 5.41) is 0. The Hall–Kier alpha value is -1.82. The van der Waals surface area contributed by atoms with Gasteiger partial charge in [-0.05, 0) is 36.4 Å². The van der Waals surface area contributed by atoms with Crippen LogP contribution in [0.15, 0.2) is 52.3 Å². The molecule has 0 N–H and O–H groups in total. The number of halogens is 3. The van der Waals surface area contributed by atoms with Crippen molar-refractivity contribution in [1.29, 1.82) is 0 Å². The zero-order valence-corrected chi connectivity index (χ0v) is 9.72. The van der Waals surface area contributed by atoms with Gasteiger partial charge in [0.25, 0.3) is 0 Å². The average molecular weight is 272 g/mol. The zero-order valence-electron chi connectivity index (χ0n) is 8.90. The molecule has 2 rings (SSSR count). The summed E-state index contributed by atoms with van der Waals surface area (Å²) in [7, 11) is -4.11. The van der Waals surface area contributed by atoms with Gasteiger partial charge in [0.2, 0.25) is 9.84 Å². The lowest BCUT2D eigenvalue weighted by atomic mass is 10.3. The summed E-state index contributed by atoms with van der Waals surface area (Å²) >= 11 is 0. The van der Waals surface area contributed by atoms with Crippen molar-refractivity contribution >= 4 is 9.84 Å². The largest absolute Gasteiger partial charge is 0.218 e. The van der Waals surface area contributed by atoms with Crippen molar-refractivity contribution in [2.24, 2.45) is 0 Å². The molecule has 2 aromatic carbocycles. The van der Waals surface area contributed by atoms with Gasteiger partial charge in [-0.25, -0.2) is 21.6 Å². The van der Waals surface area contributed by atoms with E-state index in [2.05, 4.69) is 0 Å². The van der Waals surface area contributed by atoms with Crippen molar-refractivity contribution in [2.45, 2.75) is 9.79 Å². The van der Waals surface area contributed by atoms with Crippen molar-refractivity contribution in [2.75, 3.05) is 0 Å². The van der Waals surface area contributed by atoms with E-state index in [9.17, 15) is 21.6 Å². The second-order valence-electron chi connectivity index (χ2n) is 3.53. The first-order valence-corrected chi connectivity index (χ1v) is 6.35. The maximum absolute atomic E-state index is 13.4. The van der Waals surface area contributed by atoms with Crippen molar-refractivity contribution in [3.8, 4) is 0 Å². The maximum Gasteiger partial charge on any atom is 0.209 e. The monoisotopic (exact) mass is 272 g/mol. The molecule has 0 amide bonds. The van der Waals surface area contributed by atoms with Crippen LogP contribution in [0.2, 0.25) is 0 Å². The summed E-state index contributed by atoms with van der Waals surface area (Å²) in [4.78, 5) is -0.898. The third kappa shape index (κ3) is 2.24. The minimum atomic E-state index is -4.11. The first-order valence-electron chi connectivity index (χ1n) is 4.87. The van der Waals surface area contributed by atoms with Gasteiger partial charge in [0.15, 0.2) is 0 Å². The molecule has 0 saturated heterocycles. The van der Waals surface area contributed by atoms with Gasteiger partial charge in [0.05, 0.1) is 4.90 Å². The van der Waals surface area contributed by atoms with E-state index >= 15 is 0 Å². The topological polar surface area (TPSA) is 34.1 Å². The standard InChI is InChI=1S/C12H7F3O2S/c13-8-1-4-10(5-2-8)18(16,17)12-6-3-9(14)7-11(12)15/h1-7H. The van der Waals surface area contributed by atoms with E-state index in [-0.39, 0.29) is 4.90 Å². The molecule has 0 aliphatic heterocycles. The van der Waals surface area contributed by atoms with Crippen molar-refractivity contribution in [1.82, 2.24) is 0 Å². The van der Waals surface area contributed by atoms with E-state index < -0.39 is 32.2 Å². The van der Waals surface area contributed by atoms with E-state index in [1.165, 1.54) is 0 Å². The van der Waals surface area contributed by atoms with Crippen LogP contribution in [0.4, 0.5) is 13.2 Å². The second kappa shape index (κ2) is 4.45. The summed E-state index contributed by atoms with van der Waals surface area (Å²) in [6.07, 6.45) is 0. The maximum atomic E-state index is 13.4. The van der Waals surface area contributed by atoms with Crippen LogP contribution in [0.1, 0.15) is 0 Å². The molecule has 6 heteroatoms. The molecule has 0 bridgehead atoms. The molecule has 0 spiro atoms. The first kappa shape index (κ1) is 12.6. The van der Waals surface area contributed by atoms with Crippen LogP contribution in [0.5, 0.6) is 0 Å². The molecule has 0 fully saturated rings. The van der Waals surface area contributed by atoms with E-state index in [4.69, 9.17) is 0 Å². The molecule has 0 saturated carbocycles. The van der Waals surface area contributed by atoms with E-state index in [0.717, 1.165) is 36.4 Å². The van der Waals surface area contributed by atoms with Gasteiger partial charge in [-0.15, -0.1) is 0 Å². The van der Waals surface area contributed by atoms with Gasteiger partial charge >= 0.3 is 0 Å². The van der Waals surface area contributed by atoms with Gasteiger partial charge in [-0.3, -0.25) is 0 Å². The summed E-state index contributed by atoms with van der Waals surface area (Å²) in [5.41, 5.74) is 0. The summed E-state index contributed by atoms with van der Waals surface area (Å²) < 4.78 is 62.8. The lowest BCUT2D eigenvalue weighted by Crippen LogP contribution is -2.05. The third-order valence-corrected chi connectivity index (χ3v) is 4.11. The minimum absolute atomic E-state index is 0.255. The Morgan fingerprint density at radius 2 is 1.33 bits per heavy atom. The van der Waals surface area contributed by atoms with E-state index in [1.807, 2.05) is 0 Å². The Labute approximate surface area is 102 Å². The molecule has 2 nitrogen and oxygen atoms in total.